The second-order valence-corrected chi connectivity index (χ2v) is 5.54. The molecule has 0 radical (unpaired) electrons. The van der Waals surface area contributed by atoms with Gasteiger partial charge < -0.3 is 5.11 Å². The molecule has 0 atom stereocenters. The van der Waals surface area contributed by atoms with E-state index in [1.165, 1.54) is 23.6 Å². The van der Waals surface area contributed by atoms with Crippen molar-refractivity contribution in [3.63, 3.8) is 0 Å². The first kappa shape index (κ1) is 12.7. The van der Waals surface area contributed by atoms with Crippen molar-refractivity contribution in [2.24, 2.45) is 0 Å². The largest absolute Gasteiger partial charge is 0.508 e. The summed E-state index contributed by atoms with van der Waals surface area (Å²) in [6.45, 7) is 1.95. The molecule has 2 heterocycles. The summed E-state index contributed by atoms with van der Waals surface area (Å²) in [5, 5.41) is 10.3. The zero-order chi connectivity index (χ0) is 14.1. The Kier molecular flexibility index (Phi) is 3.20. The molecule has 3 aromatic rings. The molecule has 0 bridgehead atoms. The molecule has 3 nitrogen and oxygen atoms in total. The van der Waals surface area contributed by atoms with Crippen LogP contribution in [0.25, 0.3) is 22.0 Å². The monoisotopic (exact) mass is 286 g/mol. The number of benzene rings is 1. The third-order valence-electron chi connectivity index (χ3n) is 2.86. The van der Waals surface area contributed by atoms with Gasteiger partial charge in [0.05, 0.1) is 11.9 Å². The second-order valence-electron chi connectivity index (χ2n) is 4.34. The van der Waals surface area contributed by atoms with Crippen molar-refractivity contribution in [3.05, 3.63) is 53.3 Å². The van der Waals surface area contributed by atoms with Crippen LogP contribution in [0.4, 0.5) is 4.39 Å². The minimum absolute atomic E-state index is 0.205. The molecule has 3 rings (SSSR count). The standard InChI is InChI=1S/C15H11FN2OS/c1-9-14(13-6-5-11(16)8-17-13)18-15(20-9)10-3-2-4-12(19)7-10/h2-8,19H,1H3. The summed E-state index contributed by atoms with van der Waals surface area (Å²) in [4.78, 5) is 9.60. The maximum atomic E-state index is 12.9. The Bertz CT molecular complexity index is 753. The number of aromatic hydroxyl groups is 1. The molecule has 0 aliphatic heterocycles. The van der Waals surface area contributed by atoms with Crippen LogP contribution in [0.5, 0.6) is 5.75 Å². The molecule has 1 N–H and O–H groups in total. The first-order chi connectivity index (χ1) is 9.63. The van der Waals surface area contributed by atoms with Crippen molar-refractivity contribution in [2.75, 3.05) is 0 Å². The van der Waals surface area contributed by atoms with Crippen molar-refractivity contribution in [3.8, 4) is 27.7 Å². The van der Waals surface area contributed by atoms with E-state index in [2.05, 4.69) is 9.97 Å². The number of phenolic OH excluding ortho intramolecular Hbond substituents is 1. The molecule has 0 aliphatic carbocycles. The number of hydrogen-bond donors (Lipinski definition) is 1. The van der Waals surface area contributed by atoms with Gasteiger partial charge in [0, 0.05) is 10.4 Å². The predicted octanol–water partition coefficient (Wildman–Crippen LogP) is 4.03. The molecule has 0 spiro atoms. The van der Waals surface area contributed by atoms with Crippen LogP contribution in [0.2, 0.25) is 0 Å². The molecule has 0 amide bonds. The van der Waals surface area contributed by atoms with Gasteiger partial charge in [0.25, 0.3) is 0 Å². The third kappa shape index (κ3) is 2.40. The number of pyridine rings is 1. The summed E-state index contributed by atoms with van der Waals surface area (Å²) in [5.41, 5.74) is 2.24. The highest BCUT2D eigenvalue weighted by molar-refractivity contribution is 7.15. The van der Waals surface area contributed by atoms with Crippen molar-refractivity contribution < 1.29 is 9.50 Å². The Morgan fingerprint density at radius 1 is 1.20 bits per heavy atom. The fourth-order valence-electron chi connectivity index (χ4n) is 1.91. The predicted molar refractivity (Wildman–Crippen MR) is 77.1 cm³/mol. The average Bonchev–Trinajstić information content (AvgIpc) is 2.82. The highest BCUT2D eigenvalue weighted by Crippen LogP contribution is 2.33. The molecule has 20 heavy (non-hydrogen) atoms. The number of aromatic nitrogens is 2. The van der Waals surface area contributed by atoms with Crippen LogP contribution < -0.4 is 0 Å². The molecular weight excluding hydrogens is 275 g/mol. The topological polar surface area (TPSA) is 46.0 Å². The summed E-state index contributed by atoms with van der Waals surface area (Å²) < 4.78 is 12.9. The maximum absolute atomic E-state index is 12.9. The van der Waals surface area contributed by atoms with Gasteiger partial charge in [0.2, 0.25) is 0 Å². The van der Waals surface area contributed by atoms with Crippen molar-refractivity contribution >= 4 is 11.3 Å². The molecule has 1 aromatic carbocycles. The zero-order valence-electron chi connectivity index (χ0n) is 10.7. The van der Waals surface area contributed by atoms with Crippen molar-refractivity contribution in [1.82, 2.24) is 9.97 Å². The van der Waals surface area contributed by atoms with E-state index in [1.807, 2.05) is 13.0 Å². The molecule has 0 aliphatic rings. The first-order valence-corrected chi connectivity index (χ1v) is 6.84. The van der Waals surface area contributed by atoms with E-state index >= 15 is 0 Å². The van der Waals surface area contributed by atoms with E-state index in [-0.39, 0.29) is 11.6 Å². The Morgan fingerprint density at radius 3 is 2.75 bits per heavy atom. The lowest BCUT2D eigenvalue weighted by Gasteiger charge is -1.98. The van der Waals surface area contributed by atoms with Crippen molar-refractivity contribution in [1.29, 1.82) is 0 Å². The molecule has 0 saturated carbocycles. The van der Waals surface area contributed by atoms with Crippen LogP contribution in [0, 0.1) is 12.7 Å². The van der Waals surface area contributed by atoms with Crippen LogP contribution in [-0.2, 0) is 0 Å². The number of phenols is 1. The summed E-state index contributed by atoms with van der Waals surface area (Å²) in [5.74, 6) is -0.161. The molecule has 0 saturated heterocycles. The lowest BCUT2D eigenvalue weighted by molar-refractivity contribution is 0.475. The Morgan fingerprint density at radius 2 is 2.05 bits per heavy atom. The number of halogens is 1. The minimum atomic E-state index is -0.366. The Hall–Kier alpha value is -2.27. The summed E-state index contributed by atoms with van der Waals surface area (Å²) in [6, 6.07) is 9.93. The Balaban J connectivity index is 2.05. The molecule has 0 unspecified atom stereocenters. The normalized spacial score (nSPS) is 10.7. The SMILES string of the molecule is Cc1sc(-c2cccc(O)c2)nc1-c1ccc(F)cn1. The van der Waals surface area contributed by atoms with Crippen LogP contribution in [0.1, 0.15) is 4.88 Å². The van der Waals surface area contributed by atoms with Gasteiger partial charge in [-0.25, -0.2) is 9.37 Å². The number of hydrogen-bond acceptors (Lipinski definition) is 4. The summed E-state index contributed by atoms with van der Waals surface area (Å²) >= 11 is 1.52. The van der Waals surface area contributed by atoms with Gasteiger partial charge in [-0.1, -0.05) is 12.1 Å². The van der Waals surface area contributed by atoms with E-state index in [0.717, 1.165) is 21.1 Å². The fraction of sp³-hybridized carbons (Fsp3) is 0.0667. The maximum Gasteiger partial charge on any atom is 0.141 e. The molecular formula is C15H11FN2OS. The lowest BCUT2D eigenvalue weighted by Crippen LogP contribution is -1.86. The van der Waals surface area contributed by atoms with Crippen LogP contribution in [0.3, 0.4) is 0 Å². The van der Waals surface area contributed by atoms with Gasteiger partial charge >= 0.3 is 0 Å². The fourth-order valence-corrected chi connectivity index (χ4v) is 2.83. The van der Waals surface area contributed by atoms with Gasteiger partial charge in [-0.3, -0.25) is 4.98 Å². The minimum Gasteiger partial charge on any atom is -0.508 e. The van der Waals surface area contributed by atoms with Gasteiger partial charge in [-0.2, -0.15) is 0 Å². The van der Waals surface area contributed by atoms with E-state index in [0.29, 0.717) is 5.69 Å². The van der Waals surface area contributed by atoms with Gasteiger partial charge in [0.1, 0.15) is 22.3 Å². The van der Waals surface area contributed by atoms with Gasteiger partial charge in [-0.15, -0.1) is 11.3 Å². The summed E-state index contributed by atoms with van der Waals surface area (Å²) in [6.07, 6.45) is 1.18. The Labute approximate surface area is 119 Å². The number of rotatable bonds is 2. The number of aryl methyl sites for hydroxylation is 1. The van der Waals surface area contributed by atoms with Crippen LogP contribution in [0.15, 0.2) is 42.6 Å². The summed E-state index contributed by atoms with van der Waals surface area (Å²) in [7, 11) is 0. The van der Waals surface area contributed by atoms with E-state index < -0.39 is 0 Å². The molecule has 0 fully saturated rings. The second kappa shape index (κ2) is 5.02. The quantitative estimate of drug-likeness (QED) is 0.773. The number of nitrogens with zero attached hydrogens (tertiary/aromatic N) is 2. The van der Waals surface area contributed by atoms with E-state index in [4.69, 9.17) is 0 Å². The van der Waals surface area contributed by atoms with E-state index in [1.54, 1.807) is 24.3 Å². The van der Waals surface area contributed by atoms with Gasteiger partial charge in [-0.05, 0) is 31.2 Å². The number of thiazole rings is 1. The van der Waals surface area contributed by atoms with Crippen molar-refractivity contribution in [2.45, 2.75) is 6.92 Å². The van der Waals surface area contributed by atoms with E-state index in [9.17, 15) is 9.50 Å². The zero-order valence-corrected chi connectivity index (χ0v) is 11.5. The molecule has 5 heteroatoms. The van der Waals surface area contributed by atoms with Gasteiger partial charge in [0.15, 0.2) is 0 Å². The first-order valence-electron chi connectivity index (χ1n) is 6.02. The third-order valence-corrected chi connectivity index (χ3v) is 3.88. The highest BCUT2D eigenvalue weighted by atomic mass is 32.1. The lowest BCUT2D eigenvalue weighted by atomic mass is 10.2. The molecule has 100 valence electrons. The average molecular weight is 286 g/mol. The molecule has 2 aromatic heterocycles. The highest BCUT2D eigenvalue weighted by Gasteiger charge is 2.12. The van der Waals surface area contributed by atoms with Crippen LogP contribution in [-0.4, -0.2) is 15.1 Å². The van der Waals surface area contributed by atoms with Crippen LogP contribution >= 0.6 is 11.3 Å². The smallest absolute Gasteiger partial charge is 0.141 e.